The van der Waals surface area contributed by atoms with Crippen molar-refractivity contribution in [3.63, 3.8) is 0 Å². The summed E-state index contributed by atoms with van der Waals surface area (Å²) in [5.74, 6) is 0.0107. The number of anilines is 2. The van der Waals surface area contributed by atoms with E-state index in [2.05, 4.69) is 30.6 Å². The highest BCUT2D eigenvalue weighted by Gasteiger charge is 2.41. The van der Waals surface area contributed by atoms with Crippen LogP contribution in [0.15, 0.2) is 42.3 Å². The van der Waals surface area contributed by atoms with Crippen molar-refractivity contribution in [1.82, 2.24) is 19.9 Å². The number of aromatic nitrogens is 4. The van der Waals surface area contributed by atoms with Crippen LogP contribution in [-0.2, 0) is 16.6 Å². The molecule has 0 radical (unpaired) electrons. The Bertz CT molecular complexity index is 943. The minimum Gasteiger partial charge on any atom is -0.353 e. The van der Waals surface area contributed by atoms with Crippen molar-refractivity contribution in [2.24, 2.45) is 0 Å². The average Bonchev–Trinajstić information content (AvgIpc) is 3.16. The van der Waals surface area contributed by atoms with Crippen LogP contribution in [0.4, 0.5) is 15.5 Å². The van der Waals surface area contributed by atoms with Gasteiger partial charge in [0.25, 0.3) is 0 Å². The summed E-state index contributed by atoms with van der Waals surface area (Å²) in [5, 5.41) is 8.28. The maximum atomic E-state index is 14.2. The normalized spacial score (nSPS) is 14.9. The Labute approximate surface area is 165 Å². The molecule has 4 rings (SSSR count). The monoisotopic (exact) mass is 398 g/mol. The summed E-state index contributed by atoms with van der Waals surface area (Å²) < 4.78 is 14.2. The van der Waals surface area contributed by atoms with Gasteiger partial charge in [-0.1, -0.05) is 6.42 Å². The molecule has 1 saturated carbocycles. The molecule has 0 spiro atoms. The Balaban J connectivity index is 1.35. The molecule has 7 nitrogen and oxygen atoms in total. The zero-order valence-corrected chi connectivity index (χ0v) is 15.9. The molecule has 2 N–H and O–H groups in total. The molecular formula is C19H19FN6OS. The highest BCUT2D eigenvalue weighted by molar-refractivity contribution is 7.13. The predicted octanol–water partition coefficient (Wildman–Crippen LogP) is 3.18. The fourth-order valence-corrected chi connectivity index (χ4v) is 3.84. The number of nitrogens with zero attached hydrogens (tertiary/aromatic N) is 4. The lowest BCUT2D eigenvalue weighted by molar-refractivity contribution is -0.115. The lowest BCUT2D eigenvalue weighted by Gasteiger charge is -2.41. The first-order chi connectivity index (χ1) is 13.6. The van der Waals surface area contributed by atoms with E-state index in [1.54, 1.807) is 36.2 Å². The van der Waals surface area contributed by atoms with E-state index < -0.39 is 0 Å². The summed E-state index contributed by atoms with van der Waals surface area (Å²) in [4.78, 5) is 28.8. The quantitative estimate of drug-likeness (QED) is 0.635. The minimum atomic E-state index is -0.318. The Morgan fingerprint density at radius 2 is 2.00 bits per heavy atom. The molecule has 1 aliphatic rings. The van der Waals surface area contributed by atoms with Gasteiger partial charge in [-0.2, -0.15) is 0 Å². The molecule has 1 amide bonds. The van der Waals surface area contributed by atoms with E-state index >= 15 is 0 Å². The topological polar surface area (TPSA) is 92.7 Å². The van der Waals surface area contributed by atoms with Gasteiger partial charge < -0.3 is 10.6 Å². The van der Waals surface area contributed by atoms with E-state index in [0.29, 0.717) is 28.9 Å². The molecular weight excluding hydrogens is 379 g/mol. The summed E-state index contributed by atoms with van der Waals surface area (Å²) in [5.41, 5.74) is 0.888. The number of carbonyl (C=O) groups excluding carboxylic acids is 1. The average molecular weight is 398 g/mol. The third kappa shape index (κ3) is 3.99. The standard InChI is InChI=1S/C19H19FN6OS/c20-14-3-1-6-21-16(14)19(4-2-5-19)12-25-17-23-10-13(11-24-17)9-15(27)26-18-22-7-8-28-18/h1,3,6-8,10-11H,2,4-5,9,12H2,(H,22,26,27)(H,23,24,25). The van der Waals surface area contributed by atoms with Crippen LogP contribution in [0, 0.1) is 5.82 Å². The van der Waals surface area contributed by atoms with E-state index in [4.69, 9.17) is 0 Å². The molecule has 0 saturated heterocycles. The molecule has 0 unspecified atom stereocenters. The van der Waals surface area contributed by atoms with Crippen LogP contribution in [0.3, 0.4) is 0 Å². The summed E-state index contributed by atoms with van der Waals surface area (Å²) in [6.45, 7) is 0.519. The Morgan fingerprint density at radius 1 is 1.18 bits per heavy atom. The van der Waals surface area contributed by atoms with Crippen molar-refractivity contribution >= 4 is 28.3 Å². The molecule has 0 aromatic carbocycles. The van der Waals surface area contributed by atoms with Crippen molar-refractivity contribution in [1.29, 1.82) is 0 Å². The number of thiazole rings is 1. The highest BCUT2D eigenvalue weighted by Crippen LogP contribution is 2.43. The maximum absolute atomic E-state index is 14.2. The van der Waals surface area contributed by atoms with Crippen LogP contribution in [0.2, 0.25) is 0 Å². The van der Waals surface area contributed by atoms with Crippen molar-refractivity contribution in [3.05, 3.63) is 59.4 Å². The van der Waals surface area contributed by atoms with Gasteiger partial charge in [-0.3, -0.25) is 9.78 Å². The number of amides is 1. The van der Waals surface area contributed by atoms with E-state index in [9.17, 15) is 9.18 Å². The van der Waals surface area contributed by atoms with Gasteiger partial charge in [0.2, 0.25) is 11.9 Å². The molecule has 28 heavy (non-hydrogen) atoms. The number of rotatable bonds is 7. The summed E-state index contributed by atoms with van der Waals surface area (Å²) in [6, 6.07) is 3.05. The Hall–Kier alpha value is -2.94. The first kappa shape index (κ1) is 18.4. The summed E-state index contributed by atoms with van der Waals surface area (Å²) in [7, 11) is 0. The van der Waals surface area contributed by atoms with Crippen LogP contribution >= 0.6 is 11.3 Å². The number of pyridine rings is 1. The van der Waals surface area contributed by atoms with Crippen molar-refractivity contribution in [2.75, 3.05) is 17.2 Å². The SMILES string of the molecule is O=C(Cc1cnc(NCC2(c3ncccc3F)CCC2)nc1)Nc1nccs1. The van der Waals surface area contributed by atoms with Crippen LogP contribution in [0.5, 0.6) is 0 Å². The van der Waals surface area contributed by atoms with Crippen LogP contribution in [0.1, 0.15) is 30.5 Å². The van der Waals surface area contributed by atoms with Gasteiger partial charge in [-0.25, -0.2) is 19.3 Å². The number of halogens is 1. The van der Waals surface area contributed by atoms with E-state index in [0.717, 1.165) is 19.3 Å². The molecule has 0 bridgehead atoms. The maximum Gasteiger partial charge on any atom is 0.230 e. The number of nitrogens with one attached hydrogen (secondary N) is 2. The van der Waals surface area contributed by atoms with Crippen LogP contribution in [0.25, 0.3) is 0 Å². The zero-order chi connectivity index (χ0) is 19.4. The number of carbonyl (C=O) groups is 1. The number of hydrogen-bond donors (Lipinski definition) is 2. The van der Waals surface area contributed by atoms with Gasteiger partial charge in [0.1, 0.15) is 5.82 Å². The molecule has 3 aromatic heterocycles. The zero-order valence-electron chi connectivity index (χ0n) is 15.1. The van der Waals surface area contributed by atoms with E-state index in [1.807, 2.05) is 0 Å². The fourth-order valence-electron chi connectivity index (χ4n) is 3.30. The van der Waals surface area contributed by atoms with E-state index in [1.165, 1.54) is 17.4 Å². The molecule has 3 heterocycles. The van der Waals surface area contributed by atoms with Crippen LogP contribution in [-0.4, -0.2) is 32.4 Å². The van der Waals surface area contributed by atoms with Gasteiger partial charge in [0, 0.05) is 42.1 Å². The second-order valence-corrected chi connectivity index (χ2v) is 7.69. The van der Waals surface area contributed by atoms with Crippen molar-refractivity contribution < 1.29 is 9.18 Å². The smallest absolute Gasteiger partial charge is 0.230 e. The second-order valence-electron chi connectivity index (χ2n) is 6.80. The third-order valence-electron chi connectivity index (χ3n) is 4.91. The fraction of sp³-hybridized carbons (Fsp3) is 0.316. The van der Waals surface area contributed by atoms with E-state index in [-0.39, 0.29) is 23.6 Å². The van der Waals surface area contributed by atoms with Crippen molar-refractivity contribution in [2.45, 2.75) is 31.1 Å². The van der Waals surface area contributed by atoms with Gasteiger partial charge in [-0.05, 0) is 30.5 Å². The predicted molar refractivity (Wildman–Crippen MR) is 105 cm³/mol. The van der Waals surface area contributed by atoms with Crippen molar-refractivity contribution in [3.8, 4) is 0 Å². The molecule has 1 aliphatic carbocycles. The second kappa shape index (κ2) is 7.97. The Morgan fingerprint density at radius 3 is 2.64 bits per heavy atom. The molecule has 9 heteroatoms. The molecule has 1 fully saturated rings. The lowest BCUT2D eigenvalue weighted by atomic mass is 9.66. The lowest BCUT2D eigenvalue weighted by Crippen LogP contribution is -2.42. The summed E-state index contributed by atoms with van der Waals surface area (Å²) in [6.07, 6.45) is 9.47. The van der Waals surface area contributed by atoms with Gasteiger partial charge in [0.15, 0.2) is 5.13 Å². The summed E-state index contributed by atoms with van der Waals surface area (Å²) >= 11 is 1.36. The Kier molecular flexibility index (Phi) is 5.25. The highest BCUT2D eigenvalue weighted by atomic mass is 32.1. The minimum absolute atomic E-state index is 0.168. The van der Waals surface area contributed by atoms with Gasteiger partial charge in [0.05, 0.1) is 12.1 Å². The van der Waals surface area contributed by atoms with Crippen LogP contribution < -0.4 is 10.6 Å². The number of hydrogen-bond acceptors (Lipinski definition) is 7. The molecule has 144 valence electrons. The van der Waals surface area contributed by atoms with Gasteiger partial charge >= 0.3 is 0 Å². The largest absolute Gasteiger partial charge is 0.353 e. The molecule has 0 aliphatic heterocycles. The third-order valence-corrected chi connectivity index (χ3v) is 5.59. The first-order valence-electron chi connectivity index (χ1n) is 9.00. The molecule has 3 aromatic rings. The first-order valence-corrected chi connectivity index (χ1v) is 9.88. The molecule has 0 atom stereocenters. The van der Waals surface area contributed by atoms with Gasteiger partial charge in [-0.15, -0.1) is 11.3 Å².